The lowest BCUT2D eigenvalue weighted by molar-refractivity contribution is -0.161. The summed E-state index contributed by atoms with van der Waals surface area (Å²) in [6, 6.07) is 0. The van der Waals surface area contributed by atoms with Crippen molar-refractivity contribution in [3.8, 4) is 0 Å². The van der Waals surface area contributed by atoms with Gasteiger partial charge in [-0.1, -0.05) is 127 Å². The summed E-state index contributed by atoms with van der Waals surface area (Å²) >= 11 is 0. The Bertz CT molecular complexity index is 901. The van der Waals surface area contributed by atoms with Gasteiger partial charge in [0, 0.05) is 12.8 Å². The normalized spacial score (nSPS) is 13.8. The summed E-state index contributed by atoms with van der Waals surface area (Å²) in [6.07, 6.45) is 39.0. The minimum Gasteiger partial charge on any atom is -0.462 e. The van der Waals surface area contributed by atoms with Gasteiger partial charge in [-0.05, 0) is 77.6 Å². The third-order valence-corrected chi connectivity index (χ3v) is 9.23. The summed E-state index contributed by atoms with van der Waals surface area (Å²) < 4.78 is 32.5. The highest BCUT2D eigenvalue weighted by molar-refractivity contribution is 7.47. The molecule has 0 amide bonds. The molecule has 0 aromatic rings. The average Bonchev–Trinajstić information content (AvgIpc) is 3.07. The van der Waals surface area contributed by atoms with E-state index < -0.39 is 26.5 Å². The van der Waals surface area contributed by atoms with Crippen molar-refractivity contribution < 1.29 is 37.6 Å². The van der Waals surface area contributed by atoms with Crippen LogP contribution in [0.2, 0.25) is 0 Å². The Labute approximate surface area is 300 Å². The molecule has 0 aliphatic carbocycles. The molecule has 0 radical (unpaired) electrons. The standard InChI is InChI=1S/C40H73O8P/c1-4-7-9-11-13-15-17-19-21-23-25-27-29-31-33-35-40(42)48-38(37-47-49(43,44)46-6-3)36-45-39(41)34-32-30-28-26-24-22-20-18-16-14-12-10-8-5-2/h13,15,18-21,38H,4-12,14,16-17,22-37H2,1-3H3,(H,43,44)/b15-13-,20-18-,21-19-. The highest BCUT2D eigenvalue weighted by Crippen LogP contribution is 2.43. The number of ether oxygens (including phenoxy) is 2. The van der Waals surface area contributed by atoms with E-state index in [1.807, 2.05) is 0 Å². The monoisotopic (exact) mass is 713 g/mol. The molecule has 0 bridgehead atoms. The van der Waals surface area contributed by atoms with Crippen LogP contribution in [0, 0.1) is 0 Å². The molecular formula is C40H73O8P. The van der Waals surface area contributed by atoms with E-state index in [-0.39, 0.29) is 32.0 Å². The van der Waals surface area contributed by atoms with E-state index in [2.05, 4.69) is 50.3 Å². The molecule has 0 saturated carbocycles. The first-order chi connectivity index (χ1) is 23.8. The van der Waals surface area contributed by atoms with Gasteiger partial charge in [-0.2, -0.15) is 0 Å². The molecule has 0 saturated heterocycles. The van der Waals surface area contributed by atoms with Gasteiger partial charge in [0.05, 0.1) is 13.2 Å². The topological polar surface area (TPSA) is 108 Å². The fourth-order valence-electron chi connectivity index (χ4n) is 5.24. The van der Waals surface area contributed by atoms with E-state index in [4.69, 9.17) is 18.5 Å². The first kappa shape index (κ1) is 47.3. The summed E-state index contributed by atoms with van der Waals surface area (Å²) in [5, 5.41) is 0. The molecule has 1 N–H and O–H groups in total. The molecule has 0 rings (SSSR count). The summed E-state index contributed by atoms with van der Waals surface area (Å²) in [7, 11) is -4.28. The summed E-state index contributed by atoms with van der Waals surface area (Å²) in [5.41, 5.74) is 0. The number of carbonyl (C=O) groups is 2. The Hall–Kier alpha value is -1.73. The van der Waals surface area contributed by atoms with Crippen LogP contribution in [0.5, 0.6) is 0 Å². The molecule has 0 aliphatic rings. The van der Waals surface area contributed by atoms with Crippen molar-refractivity contribution >= 4 is 19.8 Å². The predicted molar refractivity (Wildman–Crippen MR) is 202 cm³/mol. The van der Waals surface area contributed by atoms with Crippen LogP contribution in [0.15, 0.2) is 36.5 Å². The van der Waals surface area contributed by atoms with Gasteiger partial charge >= 0.3 is 19.8 Å². The Kier molecular flexibility index (Phi) is 34.8. The molecule has 9 heteroatoms. The van der Waals surface area contributed by atoms with Gasteiger partial charge in [0.25, 0.3) is 0 Å². The van der Waals surface area contributed by atoms with Crippen LogP contribution in [0.1, 0.15) is 181 Å². The molecular weight excluding hydrogens is 639 g/mol. The molecule has 286 valence electrons. The Morgan fingerprint density at radius 1 is 0.551 bits per heavy atom. The molecule has 0 heterocycles. The van der Waals surface area contributed by atoms with Crippen molar-refractivity contribution in [2.75, 3.05) is 19.8 Å². The lowest BCUT2D eigenvalue weighted by Gasteiger charge is -2.19. The zero-order valence-electron chi connectivity index (χ0n) is 31.6. The Morgan fingerprint density at radius 3 is 1.51 bits per heavy atom. The molecule has 2 atom stereocenters. The third-order valence-electron chi connectivity index (χ3n) is 8.17. The van der Waals surface area contributed by atoms with E-state index in [1.165, 1.54) is 64.2 Å². The lowest BCUT2D eigenvalue weighted by atomic mass is 10.1. The van der Waals surface area contributed by atoms with Gasteiger partial charge in [0.2, 0.25) is 0 Å². The quantitative estimate of drug-likeness (QED) is 0.0296. The van der Waals surface area contributed by atoms with Gasteiger partial charge in [-0.15, -0.1) is 0 Å². The minimum atomic E-state index is -4.28. The number of unbranched alkanes of at least 4 members (excludes halogenated alkanes) is 18. The van der Waals surface area contributed by atoms with Gasteiger partial charge < -0.3 is 14.4 Å². The van der Waals surface area contributed by atoms with Crippen LogP contribution in [0.3, 0.4) is 0 Å². The number of carbonyl (C=O) groups excluding carboxylic acids is 2. The zero-order valence-corrected chi connectivity index (χ0v) is 32.5. The van der Waals surface area contributed by atoms with Crippen LogP contribution >= 0.6 is 7.82 Å². The third kappa shape index (κ3) is 35.9. The highest BCUT2D eigenvalue weighted by atomic mass is 31.2. The smallest absolute Gasteiger partial charge is 0.462 e. The van der Waals surface area contributed by atoms with Gasteiger partial charge in [0.1, 0.15) is 6.61 Å². The minimum absolute atomic E-state index is 0.00403. The van der Waals surface area contributed by atoms with Crippen LogP contribution < -0.4 is 0 Å². The van der Waals surface area contributed by atoms with E-state index in [9.17, 15) is 19.0 Å². The largest absolute Gasteiger partial charge is 0.472 e. The van der Waals surface area contributed by atoms with Gasteiger partial charge in [-0.25, -0.2) is 4.57 Å². The van der Waals surface area contributed by atoms with E-state index in [0.29, 0.717) is 6.42 Å². The molecule has 0 aromatic carbocycles. The molecule has 2 unspecified atom stereocenters. The maximum Gasteiger partial charge on any atom is 0.472 e. The van der Waals surface area contributed by atoms with Crippen molar-refractivity contribution in [1.29, 1.82) is 0 Å². The van der Waals surface area contributed by atoms with Crippen LogP contribution in [-0.2, 0) is 32.7 Å². The molecule has 0 aromatic heterocycles. The number of hydrogen-bond acceptors (Lipinski definition) is 7. The molecule has 0 fully saturated rings. The van der Waals surface area contributed by atoms with Crippen LogP contribution in [0.25, 0.3) is 0 Å². The molecule has 49 heavy (non-hydrogen) atoms. The number of phosphoric acid groups is 1. The Balaban J connectivity index is 4.18. The predicted octanol–water partition coefficient (Wildman–Crippen LogP) is 12.1. The fraction of sp³-hybridized carbons (Fsp3) is 0.800. The second kappa shape index (κ2) is 36.1. The first-order valence-corrected chi connectivity index (χ1v) is 21.3. The second-order valence-corrected chi connectivity index (χ2v) is 14.4. The molecule has 8 nitrogen and oxygen atoms in total. The Morgan fingerprint density at radius 2 is 0.980 bits per heavy atom. The fourth-order valence-corrected chi connectivity index (χ4v) is 6.00. The summed E-state index contributed by atoms with van der Waals surface area (Å²) in [4.78, 5) is 34.6. The summed E-state index contributed by atoms with van der Waals surface area (Å²) in [5.74, 6) is -0.824. The van der Waals surface area contributed by atoms with Gasteiger partial charge in [-0.3, -0.25) is 18.6 Å². The number of allylic oxidation sites excluding steroid dienone is 6. The summed E-state index contributed by atoms with van der Waals surface area (Å²) in [6.45, 7) is 5.40. The maximum atomic E-state index is 12.5. The van der Waals surface area contributed by atoms with Crippen LogP contribution in [-0.4, -0.2) is 42.8 Å². The molecule has 0 aliphatic heterocycles. The van der Waals surface area contributed by atoms with E-state index >= 15 is 0 Å². The van der Waals surface area contributed by atoms with Crippen molar-refractivity contribution in [3.63, 3.8) is 0 Å². The average molecular weight is 713 g/mol. The highest BCUT2D eigenvalue weighted by Gasteiger charge is 2.25. The van der Waals surface area contributed by atoms with Crippen molar-refractivity contribution in [1.82, 2.24) is 0 Å². The molecule has 0 spiro atoms. The number of rotatable bonds is 36. The van der Waals surface area contributed by atoms with E-state index in [1.54, 1.807) is 6.92 Å². The number of hydrogen-bond donors (Lipinski definition) is 1. The van der Waals surface area contributed by atoms with Crippen molar-refractivity contribution in [2.24, 2.45) is 0 Å². The van der Waals surface area contributed by atoms with Crippen molar-refractivity contribution in [2.45, 2.75) is 187 Å². The van der Waals surface area contributed by atoms with Crippen molar-refractivity contribution in [3.05, 3.63) is 36.5 Å². The lowest BCUT2D eigenvalue weighted by Crippen LogP contribution is -2.29. The van der Waals surface area contributed by atoms with Crippen LogP contribution in [0.4, 0.5) is 0 Å². The first-order valence-electron chi connectivity index (χ1n) is 19.8. The maximum absolute atomic E-state index is 12.5. The number of esters is 2. The second-order valence-electron chi connectivity index (χ2n) is 12.9. The zero-order chi connectivity index (χ0) is 36.1. The SMILES string of the molecule is CCCCC/C=C\C/C=C\CCCCCCCC(=O)OC(COC(=O)CCCCCCC/C=C\CCCCCCC)COP(=O)(O)OCC. The van der Waals surface area contributed by atoms with Gasteiger partial charge in [0.15, 0.2) is 6.10 Å². The van der Waals surface area contributed by atoms with E-state index in [0.717, 1.165) is 77.0 Å². The number of phosphoric ester groups is 1.